The minimum Gasteiger partial charge on any atom is -0.478 e. The molecule has 1 aromatic rings. The van der Waals surface area contributed by atoms with Crippen LogP contribution in [0.2, 0.25) is 5.02 Å². The molecule has 0 fully saturated rings. The highest BCUT2D eigenvalue weighted by atomic mass is 35.5. The number of hydrogen-bond donors (Lipinski definition) is 2. The number of halogens is 1. The van der Waals surface area contributed by atoms with E-state index in [1.54, 1.807) is 12.1 Å². The number of rotatable bonds is 3. The molecule has 0 heterocycles. The Labute approximate surface area is 87.5 Å². The van der Waals surface area contributed by atoms with Gasteiger partial charge in [-0.25, -0.2) is 4.79 Å². The van der Waals surface area contributed by atoms with E-state index in [-0.39, 0.29) is 16.6 Å². The SMILES string of the molecule is CCC(N)c1cccc(C(=O)O)c1Cl. The lowest BCUT2D eigenvalue weighted by atomic mass is 10.0. The minimum absolute atomic E-state index is 0.105. The van der Waals surface area contributed by atoms with Gasteiger partial charge >= 0.3 is 5.97 Å². The first kappa shape index (κ1) is 11.0. The van der Waals surface area contributed by atoms with Crippen LogP contribution < -0.4 is 5.73 Å². The van der Waals surface area contributed by atoms with E-state index in [4.69, 9.17) is 22.4 Å². The molecule has 0 saturated heterocycles. The van der Waals surface area contributed by atoms with Crippen LogP contribution in [0.5, 0.6) is 0 Å². The molecule has 4 heteroatoms. The molecule has 0 aromatic heterocycles. The van der Waals surface area contributed by atoms with Gasteiger partial charge in [0.05, 0.1) is 10.6 Å². The van der Waals surface area contributed by atoms with Gasteiger partial charge in [0.1, 0.15) is 0 Å². The van der Waals surface area contributed by atoms with Crippen LogP contribution in [0.25, 0.3) is 0 Å². The number of carboxylic acid groups (broad SMARTS) is 1. The van der Waals surface area contributed by atoms with Crippen molar-refractivity contribution in [1.82, 2.24) is 0 Å². The molecular formula is C10H12ClNO2. The second kappa shape index (κ2) is 4.44. The van der Waals surface area contributed by atoms with E-state index in [0.717, 1.165) is 6.42 Å². The van der Waals surface area contributed by atoms with Crippen LogP contribution >= 0.6 is 11.6 Å². The molecule has 1 rings (SSSR count). The zero-order valence-electron chi connectivity index (χ0n) is 7.83. The molecule has 0 amide bonds. The Morgan fingerprint density at radius 3 is 2.79 bits per heavy atom. The van der Waals surface area contributed by atoms with Crippen molar-refractivity contribution >= 4 is 17.6 Å². The number of nitrogens with two attached hydrogens (primary N) is 1. The van der Waals surface area contributed by atoms with Crippen LogP contribution in [0.4, 0.5) is 0 Å². The molecule has 76 valence electrons. The van der Waals surface area contributed by atoms with Gasteiger partial charge in [-0.15, -0.1) is 0 Å². The molecule has 0 saturated carbocycles. The van der Waals surface area contributed by atoms with E-state index in [1.807, 2.05) is 6.92 Å². The van der Waals surface area contributed by atoms with Crippen LogP contribution in [-0.4, -0.2) is 11.1 Å². The van der Waals surface area contributed by atoms with Crippen LogP contribution in [0.3, 0.4) is 0 Å². The van der Waals surface area contributed by atoms with Crippen LogP contribution in [0.15, 0.2) is 18.2 Å². The van der Waals surface area contributed by atoms with Gasteiger partial charge in [-0.3, -0.25) is 0 Å². The van der Waals surface area contributed by atoms with Gasteiger partial charge in [0.25, 0.3) is 0 Å². The lowest BCUT2D eigenvalue weighted by molar-refractivity contribution is 0.0697. The molecule has 1 unspecified atom stereocenters. The van der Waals surface area contributed by atoms with Gasteiger partial charge < -0.3 is 10.8 Å². The van der Waals surface area contributed by atoms with Crippen molar-refractivity contribution in [1.29, 1.82) is 0 Å². The Bertz CT molecular complexity index is 352. The summed E-state index contributed by atoms with van der Waals surface area (Å²) in [5.74, 6) is -1.03. The Balaban J connectivity index is 3.20. The van der Waals surface area contributed by atoms with Crippen molar-refractivity contribution in [3.8, 4) is 0 Å². The Morgan fingerprint density at radius 2 is 2.29 bits per heavy atom. The number of hydrogen-bond acceptors (Lipinski definition) is 2. The Kier molecular flexibility index (Phi) is 3.49. The van der Waals surface area contributed by atoms with Gasteiger partial charge in [0, 0.05) is 6.04 Å². The first-order chi connectivity index (χ1) is 6.57. The standard InChI is InChI=1S/C10H12ClNO2/c1-2-8(12)6-4-3-5-7(9(6)11)10(13)14/h3-5,8H,2,12H2,1H3,(H,13,14). The summed E-state index contributed by atoms with van der Waals surface area (Å²) in [6.45, 7) is 1.93. The third kappa shape index (κ3) is 2.05. The molecule has 1 atom stereocenters. The quantitative estimate of drug-likeness (QED) is 0.811. The summed E-state index contributed by atoms with van der Waals surface area (Å²) in [5.41, 5.74) is 6.58. The average Bonchev–Trinajstić information content (AvgIpc) is 2.16. The first-order valence-corrected chi connectivity index (χ1v) is 4.73. The topological polar surface area (TPSA) is 63.3 Å². The fourth-order valence-corrected chi connectivity index (χ4v) is 1.57. The van der Waals surface area contributed by atoms with Gasteiger partial charge in [0.2, 0.25) is 0 Å². The summed E-state index contributed by atoms with van der Waals surface area (Å²) in [4.78, 5) is 10.8. The van der Waals surface area contributed by atoms with E-state index in [9.17, 15) is 4.79 Å². The molecule has 0 radical (unpaired) electrons. The number of aromatic carboxylic acids is 1. The van der Waals surface area contributed by atoms with Gasteiger partial charge in [-0.1, -0.05) is 30.7 Å². The van der Waals surface area contributed by atoms with Crippen molar-refractivity contribution in [2.24, 2.45) is 5.73 Å². The molecule has 3 nitrogen and oxygen atoms in total. The molecule has 0 spiro atoms. The second-order valence-electron chi connectivity index (χ2n) is 3.03. The molecule has 0 aliphatic carbocycles. The largest absolute Gasteiger partial charge is 0.478 e. The molecule has 3 N–H and O–H groups in total. The van der Waals surface area contributed by atoms with Crippen molar-refractivity contribution in [3.63, 3.8) is 0 Å². The van der Waals surface area contributed by atoms with Crippen LogP contribution in [0, 0.1) is 0 Å². The van der Waals surface area contributed by atoms with Crippen LogP contribution in [0.1, 0.15) is 35.3 Å². The zero-order valence-corrected chi connectivity index (χ0v) is 8.58. The number of carboxylic acids is 1. The van der Waals surface area contributed by atoms with Gasteiger partial charge in [-0.2, -0.15) is 0 Å². The Morgan fingerprint density at radius 1 is 1.64 bits per heavy atom. The van der Waals surface area contributed by atoms with Crippen LogP contribution in [-0.2, 0) is 0 Å². The van der Waals surface area contributed by atoms with E-state index >= 15 is 0 Å². The maximum atomic E-state index is 10.8. The lowest BCUT2D eigenvalue weighted by Gasteiger charge is -2.12. The smallest absolute Gasteiger partial charge is 0.337 e. The first-order valence-electron chi connectivity index (χ1n) is 4.35. The number of carbonyl (C=O) groups is 1. The molecule has 0 bridgehead atoms. The molecule has 1 aromatic carbocycles. The zero-order chi connectivity index (χ0) is 10.7. The predicted octanol–water partition coefficient (Wildman–Crippen LogP) is 2.45. The normalized spacial score (nSPS) is 12.5. The van der Waals surface area contributed by atoms with E-state index in [2.05, 4.69) is 0 Å². The summed E-state index contributed by atoms with van der Waals surface area (Å²) in [5, 5.41) is 9.06. The fraction of sp³-hybridized carbons (Fsp3) is 0.300. The van der Waals surface area contributed by atoms with Crippen molar-refractivity contribution < 1.29 is 9.90 Å². The average molecular weight is 214 g/mol. The summed E-state index contributed by atoms with van der Waals surface area (Å²) >= 11 is 5.92. The van der Waals surface area contributed by atoms with Crippen molar-refractivity contribution in [2.45, 2.75) is 19.4 Å². The summed E-state index contributed by atoms with van der Waals surface area (Å²) in [7, 11) is 0. The van der Waals surface area contributed by atoms with E-state index in [0.29, 0.717) is 5.56 Å². The van der Waals surface area contributed by atoms with Gasteiger partial charge in [-0.05, 0) is 18.1 Å². The van der Waals surface area contributed by atoms with E-state index < -0.39 is 5.97 Å². The maximum absolute atomic E-state index is 10.8. The highest BCUT2D eigenvalue weighted by Crippen LogP contribution is 2.26. The molecule has 0 aliphatic heterocycles. The summed E-state index contributed by atoms with van der Waals surface area (Å²) < 4.78 is 0. The number of benzene rings is 1. The highest BCUT2D eigenvalue weighted by molar-refractivity contribution is 6.34. The summed E-state index contributed by atoms with van der Waals surface area (Å²) in [6.07, 6.45) is 0.725. The van der Waals surface area contributed by atoms with Gasteiger partial charge in [0.15, 0.2) is 0 Å². The van der Waals surface area contributed by atoms with Crippen molar-refractivity contribution in [3.05, 3.63) is 34.3 Å². The van der Waals surface area contributed by atoms with Crippen molar-refractivity contribution in [2.75, 3.05) is 0 Å². The predicted molar refractivity (Wildman–Crippen MR) is 55.6 cm³/mol. The monoisotopic (exact) mass is 213 g/mol. The third-order valence-corrected chi connectivity index (χ3v) is 2.52. The maximum Gasteiger partial charge on any atom is 0.337 e. The molecule has 14 heavy (non-hydrogen) atoms. The summed E-state index contributed by atoms with van der Waals surface area (Å²) in [6, 6.07) is 4.67. The molecule has 0 aliphatic rings. The second-order valence-corrected chi connectivity index (χ2v) is 3.41. The highest BCUT2D eigenvalue weighted by Gasteiger charge is 2.14. The minimum atomic E-state index is -1.03. The molecular weight excluding hydrogens is 202 g/mol. The fourth-order valence-electron chi connectivity index (χ4n) is 1.22. The van der Waals surface area contributed by atoms with E-state index in [1.165, 1.54) is 6.07 Å². The Hall–Kier alpha value is -1.06. The lowest BCUT2D eigenvalue weighted by Crippen LogP contribution is -2.11. The third-order valence-electron chi connectivity index (χ3n) is 2.10.